The first-order valence-electron chi connectivity index (χ1n) is 8.93. The molecule has 3 aromatic rings. The van der Waals surface area contributed by atoms with E-state index in [4.69, 9.17) is 5.26 Å². The molecule has 4 rings (SSSR count). The number of rotatable bonds is 5. The minimum Gasteiger partial charge on any atom is -0.368 e. The summed E-state index contributed by atoms with van der Waals surface area (Å²) >= 11 is 0. The molecule has 1 aromatic carbocycles. The molecule has 0 amide bonds. The van der Waals surface area contributed by atoms with Crippen molar-refractivity contribution in [2.75, 3.05) is 11.9 Å². The summed E-state index contributed by atoms with van der Waals surface area (Å²) in [5.74, 6) is 0.0909. The van der Waals surface area contributed by atoms with Crippen molar-refractivity contribution in [2.24, 2.45) is 0 Å². The number of nitrogens with zero attached hydrogens (tertiary/aromatic N) is 4. The van der Waals surface area contributed by atoms with Crippen LogP contribution in [0, 0.1) is 17.1 Å². The molecule has 1 N–H and O–H groups in total. The fourth-order valence-corrected chi connectivity index (χ4v) is 3.57. The largest absolute Gasteiger partial charge is 0.368 e. The maximum atomic E-state index is 14.2. The van der Waals surface area contributed by atoms with E-state index in [1.165, 1.54) is 18.3 Å². The highest BCUT2D eigenvalue weighted by molar-refractivity contribution is 5.61. The van der Waals surface area contributed by atoms with Crippen LogP contribution >= 0.6 is 0 Å². The van der Waals surface area contributed by atoms with E-state index in [9.17, 15) is 8.78 Å². The van der Waals surface area contributed by atoms with Crippen molar-refractivity contribution in [3.8, 4) is 17.3 Å². The Morgan fingerprint density at radius 3 is 2.68 bits per heavy atom. The van der Waals surface area contributed by atoms with Crippen molar-refractivity contribution in [3.05, 3.63) is 71.8 Å². The molecule has 0 radical (unpaired) electrons. The zero-order chi connectivity index (χ0) is 19.6. The normalized spacial score (nSPS) is 20.8. The molecule has 28 heavy (non-hydrogen) atoms. The highest BCUT2D eigenvalue weighted by Gasteiger charge is 2.48. The molecule has 5 nitrogen and oxygen atoms in total. The van der Waals surface area contributed by atoms with E-state index in [-0.39, 0.29) is 18.5 Å². The molecule has 0 aliphatic heterocycles. The fourth-order valence-electron chi connectivity index (χ4n) is 3.57. The number of hydrogen-bond acceptors (Lipinski definition) is 5. The average molecular weight is 377 g/mol. The molecule has 0 spiro atoms. The van der Waals surface area contributed by atoms with Crippen molar-refractivity contribution >= 4 is 5.82 Å². The monoisotopic (exact) mass is 377 g/mol. The fraction of sp³-hybridized carbons (Fsp3) is 0.238. The SMILES string of the molecule is N#Cc1cccc(-c2ccc(NC[C@]3(c4ncccc4F)C[C@@H](F)C3)nn2)c1. The highest BCUT2D eigenvalue weighted by Crippen LogP contribution is 2.45. The lowest BCUT2D eigenvalue weighted by atomic mass is 9.65. The highest BCUT2D eigenvalue weighted by atomic mass is 19.1. The molecule has 1 saturated carbocycles. The Bertz CT molecular complexity index is 1020. The van der Waals surface area contributed by atoms with Crippen LogP contribution in [-0.4, -0.2) is 27.9 Å². The second kappa shape index (κ2) is 7.31. The van der Waals surface area contributed by atoms with E-state index < -0.39 is 17.4 Å². The van der Waals surface area contributed by atoms with Crippen LogP contribution in [0.5, 0.6) is 0 Å². The lowest BCUT2D eigenvalue weighted by Crippen LogP contribution is -2.49. The lowest BCUT2D eigenvalue weighted by Gasteiger charge is -2.44. The summed E-state index contributed by atoms with van der Waals surface area (Å²) in [6, 6.07) is 15.6. The molecule has 1 aliphatic rings. The van der Waals surface area contributed by atoms with Crippen LogP contribution < -0.4 is 5.32 Å². The van der Waals surface area contributed by atoms with Crippen LogP contribution in [0.25, 0.3) is 11.3 Å². The number of halogens is 2. The van der Waals surface area contributed by atoms with E-state index in [2.05, 4.69) is 26.6 Å². The minimum absolute atomic E-state index is 0.223. The van der Waals surface area contributed by atoms with E-state index >= 15 is 0 Å². The Balaban J connectivity index is 1.50. The van der Waals surface area contributed by atoms with E-state index in [1.807, 2.05) is 6.07 Å². The van der Waals surface area contributed by atoms with Gasteiger partial charge < -0.3 is 5.32 Å². The van der Waals surface area contributed by atoms with Crippen molar-refractivity contribution in [3.63, 3.8) is 0 Å². The summed E-state index contributed by atoms with van der Waals surface area (Å²) in [4.78, 5) is 4.15. The molecular weight excluding hydrogens is 360 g/mol. The molecule has 2 aromatic heterocycles. The maximum absolute atomic E-state index is 14.2. The van der Waals surface area contributed by atoms with Crippen LogP contribution in [0.1, 0.15) is 24.1 Å². The van der Waals surface area contributed by atoms with Gasteiger partial charge in [0.2, 0.25) is 0 Å². The summed E-state index contributed by atoms with van der Waals surface area (Å²) < 4.78 is 27.8. The molecule has 1 fully saturated rings. The number of anilines is 1. The predicted molar refractivity (Wildman–Crippen MR) is 101 cm³/mol. The van der Waals surface area contributed by atoms with Gasteiger partial charge in [0.05, 0.1) is 23.0 Å². The van der Waals surface area contributed by atoms with Gasteiger partial charge in [-0.1, -0.05) is 12.1 Å². The van der Waals surface area contributed by atoms with Crippen molar-refractivity contribution < 1.29 is 8.78 Å². The molecule has 0 saturated heterocycles. The number of nitriles is 1. The van der Waals surface area contributed by atoms with Crippen LogP contribution in [0.3, 0.4) is 0 Å². The van der Waals surface area contributed by atoms with Gasteiger partial charge in [-0.05, 0) is 49.2 Å². The third kappa shape index (κ3) is 3.41. The maximum Gasteiger partial charge on any atom is 0.148 e. The summed E-state index contributed by atoms with van der Waals surface area (Å²) in [7, 11) is 0. The molecule has 140 valence electrons. The third-order valence-electron chi connectivity index (χ3n) is 5.05. The van der Waals surface area contributed by atoms with Gasteiger partial charge in [-0.25, -0.2) is 8.78 Å². The van der Waals surface area contributed by atoms with Crippen LogP contribution in [-0.2, 0) is 5.41 Å². The van der Waals surface area contributed by atoms with Gasteiger partial charge in [0.1, 0.15) is 17.8 Å². The molecule has 0 bridgehead atoms. The third-order valence-corrected chi connectivity index (χ3v) is 5.05. The van der Waals surface area contributed by atoms with E-state index in [0.29, 0.717) is 23.6 Å². The van der Waals surface area contributed by atoms with Gasteiger partial charge in [0.15, 0.2) is 0 Å². The summed E-state index contributed by atoms with van der Waals surface area (Å²) in [6.45, 7) is 0.319. The predicted octanol–water partition coefficient (Wildman–Crippen LogP) is 4.03. The standard InChI is InChI=1S/C21H17F2N5/c22-16-10-21(11-16,20-17(23)5-2-8-25-20)13-26-19-7-6-18(27-28-19)15-4-1-3-14(9-15)12-24/h1-9,16H,10-11,13H2,(H,26,28)/t16-,21+. The van der Waals surface area contributed by atoms with Crippen molar-refractivity contribution in [1.29, 1.82) is 5.26 Å². The van der Waals surface area contributed by atoms with Crippen molar-refractivity contribution in [1.82, 2.24) is 15.2 Å². The molecule has 0 atom stereocenters. The van der Waals surface area contributed by atoms with Crippen LogP contribution in [0.15, 0.2) is 54.7 Å². The average Bonchev–Trinajstić information content (AvgIpc) is 2.71. The Morgan fingerprint density at radius 1 is 1.14 bits per heavy atom. The Morgan fingerprint density at radius 2 is 2.00 bits per heavy atom. The number of alkyl halides is 1. The number of benzene rings is 1. The molecule has 0 unspecified atom stereocenters. The first-order chi connectivity index (χ1) is 13.6. The first kappa shape index (κ1) is 18.0. The quantitative estimate of drug-likeness (QED) is 0.727. The Hall–Kier alpha value is -3.40. The van der Waals surface area contributed by atoms with Gasteiger partial charge in [-0.3, -0.25) is 4.98 Å². The Kier molecular flexibility index (Phi) is 4.70. The van der Waals surface area contributed by atoms with E-state index in [1.54, 1.807) is 30.3 Å². The summed E-state index contributed by atoms with van der Waals surface area (Å²) in [5, 5.41) is 20.5. The number of aromatic nitrogens is 3. The second-order valence-electron chi connectivity index (χ2n) is 6.97. The number of nitrogens with one attached hydrogen (secondary N) is 1. The van der Waals surface area contributed by atoms with Crippen LogP contribution in [0.4, 0.5) is 14.6 Å². The topological polar surface area (TPSA) is 74.5 Å². The summed E-state index contributed by atoms with van der Waals surface area (Å²) in [5.41, 5.74) is 1.58. The minimum atomic E-state index is -0.955. The van der Waals surface area contributed by atoms with Gasteiger partial charge >= 0.3 is 0 Å². The molecule has 1 aliphatic carbocycles. The van der Waals surface area contributed by atoms with Gasteiger partial charge in [0.25, 0.3) is 0 Å². The molecule has 2 heterocycles. The second-order valence-corrected chi connectivity index (χ2v) is 6.97. The zero-order valence-electron chi connectivity index (χ0n) is 14.9. The molecule has 7 heteroatoms. The zero-order valence-corrected chi connectivity index (χ0v) is 14.9. The lowest BCUT2D eigenvalue weighted by molar-refractivity contribution is 0.0964. The van der Waals surface area contributed by atoms with Crippen molar-refractivity contribution in [2.45, 2.75) is 24.4 Å². The molecular formula is C21H17F2N5. The van der Waals surface area contributed by atoms with Gasteiger partial charge in [-0.15, -0.1) is 10.2 Å². The summed E-state index contributed by atoms with van der Waals surface area (Å²) in [6.07, 6.45) is 1.01. The van der Waals surface area contributed by atoms with E-state index in [0.717, 1.165) is 5.56 Å². The van der Waals surface area contributed by atoms with Gasteiger partial charge in [-0.2, -0.15) is 5.26 Å². The van der Waals surface area contributed by atoms with Crippen LogP contribution in [0.2, 0.25) is 0 Å². The number of hydrogen-bond donors (Lipinski definition) is 1. The first-order valence-corrected chi connectivity index (χ1v) is 8.93. The Labute approximate surface area is 161 Å². The number of pyridine rings is 1. The smallest absolute Gasteiger partial charge is 0.148 e. The van der Waals surface area contributed by atoms with Gasteiger partial charge in [0, 0.05) is 23.7 Å².